The van der Waals surface area contributed by atoms with E-state index in [0.29, 0.717) is 29.3 Å². The number of rotatable bonds is 4. The predicted octanol–water partition coefficient (Wildman–Crippen LogP) is 4.56. The van der Waals surface area contributed by atoms with Crippen molar-refractivity contribution in [3.8, 4) is 0 Å². The lowest BCUT2D eigenvalue weighted by Crippen LogP contribution is -2.34. The lowest BCUT2D eigenvalue weighted by Gasteiger charge is -2.29. The van der Waals surface area contributed by atoms with E-state index >= 15 is 0 Å². The number of hydrogen-bond acceptors (Lipinski definition) is 3. The third-order valence-corrected chi connectivity index (χ3v) is 7.83. The molecule has 0 saturated carbocycles. The van der Waals surface area contributed by atoms with Crippen LogP contribution in [0.15, 0.2) is 47.4 Å². The summed E-state index contributed by atoms with van der Waals surface area (Å²) in [6.07, 6.45) is 2.25. The van der Waals surface area contributed by atoms with Crippen molar-refractivity contribution in [3.63, 3.8) is 0 Å². The van der Waals surface area contributed by atoms with Gasteiger partial charge in [0.2, 0.25) is 0 Å². The number of benzene rings is 2. The van der Waals surface area contributed by atoms with E-state index in [1.165, 1.54) is 16.1 Å². The fraction of sp³-hybridized carbons (Fsp3) is 0.391. The Morgan fingerprint density at radius 2 is 1.79 bits per heavy atom. The summed E-state index contributed by atoms with van der Waals surface area (Å²) >= 11 is 0. The molecule has 0 bridgehead atoms. The van der Waals surface area contributed by atoms with Crippen LogP contribution < -0.4 is 0 Å². The molecule has 0 aliphatic heterocycles. The van der Waals surface area contributed by atoms with Crippen molar-refractivity contribution in [2.45, 2.75) is 50.0 Å². The minimum atomic E-state index is -3.78. The summed E-state index contributed by atoms with van der Waals surface area (Å²) in [5, 5.41) is 0.703. The molecule has 6 heteroatoms. The zero-order valence-corrected chi connectivity index (χ0v) is 18.1. The molecule has 0 radical (unpaired) electrons. The van der Waals surface area contributed by atoms with Crippen LogP contribution >= 0.6 is 0 Å². The highest BCUT2D eigenvalue weighted by Crippen LogP contribution is 2.36. The van der Waals surface area contributed by atoms with Gasteiger partial charge in [0.1, 0.15) is 5.82 Å². The fourth-order valence-corrected chi connectivity index (χ4v) is 5.92. The first kappa shape index (κ1) is 20.1. The quantitative estimate of drug-likeness (QED) is 0.629. The molecule has 1 heterocycles. The summed E-state index contributed by atoms with van der Waals surface area (Å²) in [5.41, 5.74) is 3.39. The molecule has 0 fully saturated rings. The summed E-state index contributed by atoms with van der Waals surface area (Å²) in [7, 11) is 0.284. The Bertz CT molecular complexity index is 1160. The van der Waals surface area contributed by atoms with E-state index in [1.807, 2.05) is 26.2 Å². The van der Waals surface area contributed by atoms with Gasteiger partial charge in [-0.1, -0.05) is 26.0 Å². The highest BCUT2D eigenvalue weighted by atomic mass is 32.2. The molecule has 0 saturated heterocycles. The molecule has 29 heavy (non-hydrogen) atoms. The van der Waals surface area contributed by atoms with E-state index < -0.39 is 10.0 Å². The monoisotopic (exact) mass is 414 g/mol. The average Bonchev–Trinajstić information content (AvgIpc) is 3.01. The summed E-state index contributed by atoms with van der Waals surface area (Å²) in [5.74, 6) is -0.0130. The highest BCUT2D eigenvalue weighted by molar-refractivity contribution is 7.90. The second-order valence-corrected chi connectivity index (χ2v) is 10.2. The molecule has 1 unspecified atom stereocenters. The van der Waals surface area contributed by atoms with Crippen molar-refractivity contribution < 1.29 is 12.8 Å². The van der Waals surface area contributed by atoms with E-state index in [0.717, 1.165) is 29.7 Å². The fourth-order valence-electron chi connectivity index (χ4n) is 4.32. The van der Waals surface area contributed by atoms with Gasteiger partial charge in [-0.2, -0.15) is 0 Å². The van der Waals surface area contributed by atoms with Gasteiger partial charge in [0.25, 0.3) is 10.0 Å². The van der Waals surface area contributed by atoms with Crippen LogP contribution in [0.25, 0.3) is 10.9 Å². The maximum atomic E-state index is 14.0. The van der Waals surface area contributed by atoms with E-state index in [4.69, 9.17) is 0 Å². The topological polar surface area (TPSA) is 42.3 Å². The molecule has 0 amide bonds. The summed E-state index contributed by atoms with van der Waals surface area (Å²) in [6.45, 7) is 4.16. The van der Waals surface area contributed by atoms with E-state index in [9.17, 15) is 12.8 Å². The van der Waals surface area contributed by atoms with Gasteiger partial charge < -0.3 is 4.90 Å². The Morgan fingerprint density at radius 1 is 1.10 bits per heavy atom. The van der Waals surface area contributed by atoms with Crippen molar-refractivity contribution in [2.24, 2.45) is 0 Å². The number of hydrogen-bond donors (Lipinski definition) is 0. The van der Waals surface area contributed by atoms with E-state index in [1.54, 1.807) is 18.2 Å². The Balaban J connectivity index is 1.92. The summed E-state index contributed by atoms with van der Waals surface area (Å²) in [6, 6.07) is 11.8. The lowest BCUT2D eigenvalue weighted by atomic mass is 9.91. The third-order valence-electron chi connectivity index (χ3n) is 6.07. The first-order valence-corrected chi connectivity index (χ1v) is 11.5. The highest BCUT2D eigenvalue weighted by Gasteiger charge is 2.31. The summed E-state index contributed by atoms with van der Waals surface area (Å²) < 4.78 is 42.7. The molecule has 1 aliphatic carbocycles. The van der Waals surface area contributed by atoms with Gasteiger partial charge in [-0.05, 0) is 80.7 Å². The van der Waals surface area contributed by atoms with Crippen LogP contribution in [0.1, 0.15) is 43.0 Å². The molecule has 154 valence electrons. The second-order valence-electron chi connectivity index (χ2n) is 8.44. The van der Waals surface area contributed by atoms with Crippen LogP contribution in [0.2, 0.25) is 0 Å². The zero-order valence-electron chi connectivity index (χ0n) is 17.3. The van der Waals surface area contributed by atoms with Gasteiger partial charge in [0.15, 0.2) is 0 Å². The van der Waals surface area contributed by atoms with Gasteiger partial charge in [0, 0.05) is 17.1 Å². The van der Waals surface area contributed by atoms with Crippen molar-refractivity contribution in [3.05, 3.63) is 65.1 Å². The number of halogens is 1. The number of likely N-dealkylation sites (N-methyl/N-ethyl adjacent to an activating group) is 1. The standard InChI is InChI=1S/C23H27FN2O2S/c1-15(2)16-5-9-19(10-6-16)29(27,28)26-22-11-7-17(24)13-20(22)21-14-18(25(3)4)8-12-23(21)26/h5-7,9-11,13,15,18H,8,12,14H2,1-4H3. The Morgan fingerprint density at radius 3 is 2.41 bits per heavy atom. The number of aromatic nitrogens is 1. The Kier molecular flexibility index (Phi) is 5.03. The lowest BCUT2D eigenvalue weighted by molar-refractivity contribution is 0.267. The number of fused-ring (bicyclic) bond motifs is 3. The van der Waals surface area contributed by atoms with Crippen LogP contribution in [0.4, 0.5) is 4.39 Å². The molecule has 4 nitrogen and oxygen atoms in total. The van der Waals surface area contributed by atoms with Crippen molar-refractivity contribution in [1.82, 2.24) is 8.87 Å². The van der Waals surface area contributed by atoms with Gasteiger partial charge >= 0.3 is 0 Å². The zero-order chi connectivity index (χ0) is 20.9. The van der Waals surface area contributed by atoms with Crippen molar-refractivity contribution in [1.29, 1.82) is 0 Å². The SMILES string of the molecule is CC(C)c1ccc(S(=O)(=O)n2c3c(c4cc(F)ccc42)CC(N(C)C)CC3)cc1. The maximum Gasteiger partial charge on any atom is 0.268 e. The van der Waals surface area contributed by atoms with Gasteiger partial charge in [-0.15, -0.1) is 0 Å². The smallest absolute Gasteiger partial charge is 0.268 e. The van der Waals surface area contributed by atoms with Gasteiger partial charge in [0.05, 0.1) is 10.4 Å². The molecule has 1 atom stereocenters. The largest absolute Gasteiger partial charge is 0.306 e. The first-order valence-electron chi connectivity index (χ1n) is 10.0. The first-order chi connectivity index (χ1) is 13.7. The van der Waals surface area contributed by atoms with Crippen molar-refractivity contribution >= 4 is 20.9 Å². The molecule has 0 spiro atoms. The summed E-state index contributed by atoms with van der Waals surface area (Å²) in [4.78, 5) is 2.42. The Labute approximate surface area is 172 Å². The van der Waals surface area contributed by atoms with Gasteiger partial charge in [-0.3, -0.25) is 0 Å². The van der Waals surface area contributed by atoms with Crippen LogP contribution in [-0.2, 0) is 22.9 Å². The molecular weight excluding hydrogens is 387 g/mol. The Hall–Kier alpha value is -2.18. The van der Waals surface area contributed by atoms with Gasteiger partial charge in [-0.25, -0.2) is 16.8 Å². The van der Waals surface area contributed by atoms with Crippen LogP contribution in [0.5, 0.6) is 0 Å². The minimum absolute atomic E-state index is 0.264. The molecule has 3 aromatic rings. The minimum Gasteiger partial charge on any atom is -0.306 e. The van der Waals surface area contributed by atoms with Crippen LogP contribution in [0.3, 0.4) is 0 Å². The third kappa shape index (κ3) is 3.38. The predicted molar refractivity (Wildman–Crippen MR) is 115 cm³/mol. The number of nitrogens with zero attached hydrogens (tertiary/aromatic N) is 2. The average molecular weight is 415 g/mol. The van der Waals surface area contributed by atoms with Crippen LogP contribution in [-0.4, -0.2) is 37.4 Å². The van der Waals surface area contributed by atoms with Crippen LogP contribution in [0, 0.1) is 5.82 Å². The van der Waals surface area contributed by atoms with Crippen molar-refractivity contribution in [2.75, 3.05) is 14.1 Å². The molecule has 1 aliphatic rings. The second kappa shape index (κ2) is 7.26. The molecule has 4 rings (SSSR count). The molecule has 1 aromatic heterocycles. The molecule has 0 N–H and O–H groups in total. The van der Waals surface area contributed by atoms with E-state index in [-0.39, 0.29) is 10.7 Å². The normalized spacial score (nSPS) is 17.3. The maximum absolute atomic E-state index is 14.0. The molecule has 2 aromatic carbocycles. The molecular formula is C23H27FN2O2S. The van der Waals surface area contributed by atoms with E-state index in [2.05, 4.69) is 18.7 Å².